The number of rotatable bonds is 2. The van der Waals surface area contributed by atoms with E-state index in [1.165, 1.54) is 16.2 Å². The van der Waals surface area contributed by atoms with Gasteiger partial charge in [0.15, 0.2) is 11.5 Å². The lowest BCUT2D eigenvalue weighted by Gasteiger charge is -2.12. The van der Waals surface area contributed by atoms with Gasteiger partial charge in [0.1, 0.15) is 0 Å². The summed E-state index contributed by atoms with van der Waals surface area (Å²) in [5.74, 6) is 0.152. The highest BCUT2D eigenvalue weighted by molar-refractivity contribution is 6.23. The van der Waals surface area contributed by atoms with Gasteiger partial charge < -0.3 is 9.84 Å². The van der Waals surface area contributed by atoms with Crippen molar-refractivity contribution < 1.29 is 14.6 Å². The highest BCUT2D eigenvalue weighted by Gasteiger charge is 2.13. The first-order chi connectivity index (χ1) is 12.8. The molecule has 0 saturated heterocycles. The summed E-state index contributed by atoms with van der Waals surface area (Å²) in [5.41, 5.74) is 0. The van der Waals surface area contributed by atoms with E-state index in [4.69, 9.17) is 4.74 Å². The Balaban J connectivity index is 1.96. The van der Waals surface area contributed by atoms with E-state index in [-0.39, 0.29) is 11.5 Å². The molecule has 124 valence electrons. The Morgan fingerprint density at radius 3 is 2.12 bits per heavy atom. The van der Waals surface area contributed by atoms with Crippen LogP contribution in [0.4, 0.5) is 0 Å². The number of hydrogen-bond acceptors (Lipinski definition) is 3. The van der Waals surface area contributed by atoms with Crippen LogP contribution in [0.25, 0.3) is 43.1 Å². The predicted octanol–water partition coefficient (Wildman–Crippen LogP) is 5.54. The summed E-state index contributed by atoms with van der Waals surface area (Å²) >= 11 is 0. The minimum atomic E-state index is -0.0136. The van der Waals surface area contributed by atoms with Crippen molar-refractivity contribution >= 4 is 49.6 Å². The molecule has 0 atom stereocenters. The van der Waals surface area contributed by atoms with Crippen LogP contribution in [-0.4, -0.2) is 11.6 Å². The summed E-state index contributed by atoms with van der Waals surface area (Å²) in [5, 5.41) is 18.9. The number of carbonyl (C=O) groups excluding carboxylic acids is 1. The summed E-state index contributed by atoms with van der Waals surface area (Å²) < 4.78 is 4.91. The number of carbonyl (C=O) groups is 1. The maximum absolute atomic E-state index is 10.7. The molecule has 0 aromatic heterocycles. The molecule has 0 bridgehead atoms. The predicted molar refractivity (Wildman–Crippen MR) is 105 cm³/mol. The Kier molecular flexibility index (Phi) is 3.09. The third-order valence-electron chi connectivity index (χ3n) is 5.01. The molecule has 0 radical (unpaired) electrons. The molecule has 1 N–H and O–H groups in total. The number of phenols is 1. The second-order valence-corrected chi connectivity index (χ2v) is 6.33. The molecule has 3 nitrogen and oxygen atoms in total. The van der Waals surface area contributed by atoms with E-state index in [1.54, 1.807) is 6.07 Å². The third kappa shape index (κ3) is 1.97. The minimum absolute atomic E-state index is 0.0136. The van der Waals surface area contributed by atoms with Gasteiger partial charge in [-0.3, -0.25) is 4.79 Å². The molecule has 3 heteroatoms. The van der Waals surface area contributed by atoms with E-state index < -0.39 is 0 Å². The van der Waals surface area contributed by atoms with Gasteiger partial charge in [-0.05, 0) is 43.8 Å². The first kappa shape index (κ1) is 14.7. The van der Waals surface area contributed by atoms with Crippen molar-refractivity contribution in [3.63, 3.8) is 0 Å². The Morgan fingerprint density at radius 2 is 1.27 bits per heavy atom. The average Bonchev–Trinajstić information content (AvgIpc) is 2.69. The largest absolute Gasteiger partial charge is 0.504 e. The van der Waals surface area contributed by atoms with Gasteiger partial charge >= 0.3 is 0 Å². The molecule has 5 rings (SSSR count). The Bertz CT molecular complexity index is 1340. The first-order valence-corrected chi connectivity index (χ1v) is 8.37. The topological polar surface area (TPSA) is 46.5 Å². The zero-order valence-corrected chi connectivity index (χ0v) is 13.8. The average molecular weight is 338 g/mol. The van der Waals surface area contributed by atoms with E-state index in [9.17, 15) is 9.90 Å². The van der Waals surface area contributed by atoms with Gasteiger partial charge in [0.05, 0.1) is 0 Å². The van der Waals surface area contributed by atoms with Crippen LogP contribution in [0.3, 0.4) is 0 Å². The fourth-order valence-corrected chi connectivity index (χ4v) is 3.84. The van der Waals surface area contributed by atoms with Crippen molar-refractivity contribution in [3.8, 4) is 11.5 Å². The number of ether oxygens (including phenoxy) is 1. The standard InChI is InChI=1S/C23H14O3/c24-13-26-21-12-7-15-6-9-19-18-8-5-14-3-1-2-4-16(14)17(18)10-11-20(19)22(15)23(21)25/h1-13,25H. The van der Waals surface area contributed by atoms with Crippen molar-refractivity contribution in [2.75, 3.05) is 0 Å². The van der Waals surface area contributed by atoms with Gasteiger partial charge in [0, 0.05) is 5.39 Å². The Morgan fingerprint density at radius 1 is 0.654 bits per heavy atom. The quantitative estimate of drug-likeness (QED) is 0.339. The van der Waals surface area contributed by atoms with Crippen LogP contribution >= 0.6 is 0 Å². The molecule has 0 amide bonds. The van der Waals surface area contributed by atoms with E-state index in [2.05, 4.69) is 36.4 Å². The second kappa shape index (κ2) is 5.46. The monoisotopic (exact) mass is 338 g/mol. The van der Waals surface area contributed by atoms with Crippen LogP contribution in [0, 0.1) is 0 Å². The van der Waals surface area contributed by atoms with Gasteiger partial charge in [-0.2, -0.15) is 0 Å². The van der Waals surface area contributed by atoms with Gasteiger partial charge in [0.2, 0.25) is 0 Å². The SMILES string of the molecule is O=COc1ccc2ccc3c4ccc5ccccc5c4ccc3c2c1O. The Hall–Kier alpha value is -3.59. The molecule has 0 spiro atoms. The van der Waals surface area contributed by atoms with E-state index in [0.29, 0.717) is 11.9 Å². The van der Waals surface area contributed by atoms with E-state index >= 15 is 0 Å². The smallest absolute Gasteiger partial charge is 0.298 e. The summed E-state index contributed by atoms with van der Waals surface area (Å²) in [4.78, 5) is 10.7. The van der Waals surface area contributed by atoms with E-state index in [1.807, 2.05) is 30.3 Å². The second-order valence-electron chi connectivity index (χ2n) is 6.33. The van der Waals surface area contributed by atoms with Gasteiger partial charge in [0.25, 0.3) is 6.47 Å². The molecule has 0 aliphatic heterocycles. The van der Waals surface area contributed by atoms with Crippen molar-refractivity contribution in [2.24, 2.45) is 0 Å². The zero-order valence-electron chi connectivity index (χ0n) is 13.8. The van der Waals surface area contributed by atoms with Crippen LogP contribution in [0.15, 0.2) is 72.8 Å². The fraction of sp³-hybridized carbons (Fsp3) is 0. The molecular formula is C23H14O3. The summed E-state index contributed by atoms with van der Waals surface area (Å²) in [6.45, 7) is 0.327. The van der Waals surface area contributed by atoms with Gasteiger partial charge in [-0.1, -0.05) is 66.7 Å². The number of aromatic hydroxyl groups is 1. The summed E-state index contributed by atoms with van der Waals surface area (Å²) in [6, 6.07) is 24.2. The van der Waals surface area contributed by atoms with Crippen molar-refractivity contribution in [1.82, 2.24) is 0 Å². The molecule has 0 aliphatic rings. The summed E-state index contributed by atoms with van der Waals surface area (Å²) in [6.07, 6.45) is 0. The molecule has 5 aromatic rings. The third-order valence-corrected chi connectivity index (χ3v) is 5.01. The molecule has 26 heavy (non-hydrogen) atoms. The first-order valence-electron chi connectivity index (χ1n) is 8.37. The highest BCUT2D eigenvalue weighted by Crippen LogP contribution is 2.41. The lowest BCUT2D eigenvalue weighted by atomic mass is 9.94. The van der Waals surface area contributed by atoms with Crippen molar-refractivity contribution in [1.29, 1.82) is 0 Å². The number of phenolic OH excluding ortho intramolecular Hbond substituents is 1. The maximum atomic E-state index is 10.7. The molecule has 0 fully saturated rings. The minimum Gasteiger partial charge on any atom is -0.504 e. The summed E-state index contributed by atoms with van der Waals surface area (Å²) in [7, 11) is 0. The molecule has 0 aliphatic carbocycles. The van der Waals surface area contributed by atoms with E-state index in [0.717, 1.165) is 21.5 Å². The van der Waals surface area contributed by atoms with Crippen LogP contribution in [0.5, 0.6) is 11.5 Å². The number of benzene rings is 5. The molecule has 0 saturated carbocycles. The van der Waals surface area contributed by atoms with Crippen LogP contribution in [0.1, 0.15) is 0 Å². The molecule has 5 aromatic carbocycles. The van der Waals surface area contributed by atoms with Gasteiger partial charge in [-0.15, -0.1) is 0 Å². The van der Waals surface area contributed by atoms with Crippen LogP contribution in [-0.2, 0) is 4.79 Å². The number of fused-ring (bicyclic) bond motifs is 7. The van der Waals surface area contributed by atoms with Crippen molar-refractivity contribution in [2.45, 2.75) is 0 Å². The lowest BCUT2D eigenvalue weighted by Crippen LogP contribution is -1.90. The Labute approximate surface area is 149 Å². The number of hydrogen-bond donors (Lipinski definition) is 1. The molecular weight excluding hydrogens is 324 g/mol. The zero-order chi connectivity index (χ0) is 17.7. The normalized spacial score (nSPS) is 11.4. The lowest BCUT2D eigenvalue weighted by molar-refractivity contribution is -0.120. The van der Waals surface area contributed by atoms with Crippen LogP contribution < -0.4 is 4.74 Å². The fourth-order valence-electron chi connectivity index (χ4n) is 3.84. The highest BCUT2D eigenvalue weighted by atomic mass is 16.5. The molecule has 0 heterocycles. The van der Waals surface area contributed by atoms with Crippen LogP contribution in [0.2, 0.25) is 0 Å². The maximum Gasteiger partial charge on any atom is 0.298 e. The van der Waals surface area contributed by atoms with Crippen molar-refractivity contribution in [3.05, 3.63) is 72.8 Å². The molecule has 0 unspecified atom stereocenters. The van der Waals surface area contributed by atoms with Gasteiger partial charge in [-0.25, -0.2) is 0 Å².